The first-order chi connectivity index (χ1) is 15.2. The van der Waals surface area contributed by atoms with Crippen molar-refractivity contribution in [1.82, 2.24) is 19.3 Å². The van der Waals surface area contributed by atoms with Gasteiger partial charge >= 0.3 is 0 Å². The molecular formula is C21H21N5O3S3. The third-order valence-electron chi connectivity index (χ3n) is 5.06. The van der Waals surface area contributed by atoms with Crippen molar-refractivity contribution in [1.29, 1.82) is 0 Å². The number of carbonyl (C=O) groups excluding carboxylic acids is 1. The van der Waals surface area contributed by atoms with E-state index in [1.807, 2.05) is 53.6 Å². The van der Waals surface area contributed by atoms with E-state index in [1.165, 1.54) is 23.9 Å². The second-order valence-electron chi connectivity index (χ2n) is 7.21. The average molecular weight is 488 g/mol. The standard InChI is InChI=1S/C21H21N5O3S3/c1-13-11-17(14(2)26(13)15-6-8-16(9-7-15)32(22,28)29)18(27)12-31-21-24-23-20(25(21)3)19-5-4-10-30-19/h4-11H,12H2,1-3H3,(H2,22,28,29). The number of Topliss-reactive ketones (excluding diaryl/α,β-unsaturated/α-hetero) is 1. The first kappa shape index (κ1) is 22.5. The van der Waals surface area contributed by atoms with Crippen molar-refractivity contribution in [3.63, 3.8) is 0 Å². The summed E-state index contributed by atoms with van der Waals surface area (Å²) in [6.45, 7) is 3.77. The molecule has 0 bridgehead atoms. The van der Waals surface area contributed by atoms with Crippen LogP contribution in [0.2, 0.25) is 0 Å². The maximum Gasteiger partial charge on any atom is 0.238 e. The highest BCUT2D eigenvalue weighted by Crippen LogP contribution is 2.28. The molecule has 4 rings (SSSR count). The first-order valence-electron chi connectivity index (χ1n) is 9.58. The van der Waals surface area contributed by atoms with Crippen molar-refractivity contribution < 1.29 is 13.2 Å². The molecule has 32 heavy (non-hydrogen) atoms. The predicted octanol–water partition coefficient (Wildman–Crippen LogP) is 3.57. The van der Waals surface area contributed by atoms with E-state index in [0.29, 0.717) is 10.7 Å². The Bertz CT molecular complexity index is 1390. The smallest absolute Gasteiger partial charge is 0.238 e. The molecule has 0 spiro atoms. The summed E-state index contributed by atoms with van der Waals surface area (Å²) in [5, 5.41) is 16.3. The summed E-state index contributed by atoms with van der Waals surface area (Å²) >= 11 is 2.94. The van der Waals surface area contributed by atoms with Gasteiger partial charge in [0.25, 0.3) is 0 Å². The number of sulfonamides is 1. The van der Waals surface area contributed by atoms with Crippen LogP contribution in [0, 0.1) is 13.8 Å². The second-order valence-corrected chi connectivity index (χ2v) is 10.7. The molecule has 0 atom stereocenters. The summed E-state index contributed by atoms with van der Waals surface area (Å²) in [6.07, 6.45) is 0. The Morgan fingerprint density at radius 3 is 2.50 bits per heavy atom. The minimum atomic E-state index is -3.76. The lowest BCUT2D eigenvalue weighted by Gasteiger charge is -2.10. The van der Waals surface area contributed by atoms with Gasteiger partial charge in [0.1, 0.15) is 0 Å². The van der Waals surface area contributed by atoms with Gasteiger partial charge in [0.2, 0.25) is 10.0 Å². The van der Waals surface area contributed by atoms with Crippen LogP contribution >= 0.6 is 23.1 Å². The number of rotatable bonds is 7. The van der Waals surface area contributed by atoms with Crippen molar-refractivity contribution in [2.24, 2.45) is 12.2 Å². The van der Waals surface area contributed by atoms with Gasteiger partial charge in [-0.2, -0.15) is 0 Å². The van der Waals surface area contributed by atoms with Crippen molar-refractivity contribution in [2.75, 3.05) is 5.75 Å². The van der Waals surface area contributed by atoms with Crippen LogP contribution in [-0.2, 0) is 17.1 Å². The molecular weight excluding hydrogens is 466 g/mol. The van der Waals surface area contributed by atoms with E-state index in [1.54, 1.807) is 23.5 Å². The molecule has 3 heterocycles. The summed E-state index contributed by atoms with van der Waals surface area (Å²) < 4.78 is 26.8. The van der Waals surface area contributed by atoms with Gasteiger partial charge in [-0.15, -0.1) is 21.5 Å². The number of thioether (sulfide) groups is 1. The summed E-state index contributed by atoms with van der Waals surface area (Å²) in [4.78, 5) is 14.0. The van der Waals surface area contributed by atoms with Crippen LogP contribution in [0.4, 0.5) is 0 Å². The molecule has 0 radical (unpaired) electrons. The third-order valence-corrected chi connectivity index (χ3v) is 7.88. The summed E-state index contributed by atoms with van der Waals surface area (Å²) in [5.74, 6) is 0.984. The number of aromatic nitrogens is 4. The molecule has 8 nitrogen and oxygen atoms in total. The number of carbonyl (C=O) groups is 1. The minimum Gasteiger partial charge on any atom is -0.318 e. The van der Waals surface area contributed by atoms with Crippen molar-refractivity contribution in [3.05, 3.63) is 64.8 Å². The van der Waals surface area contributed by atoms with Crippen LogP contribution in [0.25, 0.3) is 16.4 Å². The van der Waals surface area contributed by atoms with Crippen molar-refractivity contribution in [3.8, 4) is 16.4 Å². The third kappa shape index (κ3) is 4.29. The van der Waals surface area contributed by atoms with E-state index in [0.717, 1.165) is 27.8 Å². The molecule has 2 N–H and O–H groups in total. The lowest BCUT2D eigenvalue weighted by atomic mass is 10.2. The van der Waals surface area contributed by atoms with Crippen LogP contribution in [0.15, 0.2) is 57.9 Å². The van der Waals surface area contributed by atoms with Crippen molar-refractivity contribution in [2.45, 2.75) is 23.9 Å². The number of hydrogen-bond donors (Lipinski definition) is 1. The molecule has 0 saturated carbocycles. The molecule has 0 aliphatic rings. The van der Waals surface area contributed by atoms with Crippen molar-refractivity contribution >= 4 is 38.9 Å². The van der Waals surface area contributed by atoms with E-state index in [9.17, 15) is 13.2 Å². The maximum atomic E-state index is 13.0. The largest absolute Gasteiger partial charge is 0.318 e. The monoisotopic (exact) mass is 487 g/mol. The highest BCUT2D eigenvalue weighted by Gasteiger charge is 2.19. The van der Waals surface area contributed by atoms with E-state index < -0.39 is 10.0 Å². The highest BCUT2D eigenvalue weighted by atomic mass is 32.2. The molecule has 1 aromatic carbocycles. The normalized spacial score (nSPS) is 11.8. The fraction of sp³-hybridized carbons (Fsp3) is 0.190. The molecule has 3 aromatic heterocycles. The number of hydrogen-bond acceptors (Lipinski definition) is 7. The molecule has 4 aromatic rings. The number of primary sulfonamides is 1. The zero-order chi connectivity index (χ0) is 23.0. The van der Waals surface area contributed by atoms with E-state index >= 15 is 0 Å². The fourth-order valence-electron chi connectivity index (χ4n) is 3.50. The van der Waals surface area contributed by atoms with Gasteiger partial charge in [0.15, 0.2) is 16.8 Å². The van der Waals surface area contributed by atoms with E-state index in [4.69, 9.17) is 5.14 Å². The van der Waals surface area contributed by atoms with Gasteiger partial charge in [0, 0.05) is 29.7 Å². The predicted molar refractivity (Wildman–Crippen MR) is 126 cm³/mol. The SMILES string of the molecule is Cc1cc(C(=O)CSc2nnc(-c3cccs3)n2C)c(C)n1-c1ccc(S(N)(=O)=O)cc1. The number of ketones is 1. The Morgan fingerprint density at radius 1 is 1.16 bits per heavy atom. The molecule has 0 saturated heterocycles. The first-order valence-corrected chi connectivity index (χ1v) is 13.0. The maximum absolute atomic E-state index is 13.0. The molecule has 0 amide bonds. The summed E-state index contributed by atoms with van der Waals surface area (Å²) in [7, 11) is -1.87. The Labute approximate surface area is 194 Å². The number of benzene rings is 1. The number of aryl methyl sites for hydroxylation is 1. The lowest BCUT2D eigenvalue weighted by molar-refractivity contribution is 0.102. The van der Waals surface area contributed by atoms with E-state index in [-0.39, 0.29) is 16.4 Å². The van der Waals surface area contributed by atoms with Gasteiger partial charge in [0.05, 0.1) is 15.5 Å². The van der Waals surface area contributed by atoms with Crippen LogP contribution in [-0.4, -0.2) is 39.3 Å². The molecule has 0 fully saturated rings. The topological polar surface area (TPSA) is 113 Å². The number of thiophene rings is 1. The molecule has 0 aliphatic carbocycles. The fourth-order valence-corrected chi connectivity index (χ4v) is 5.55. The Morgan fingerprint density at radius 2 is 1.88 bits per heavy atom. The molecule has 166 valence electrons. The highest BCUT2D eigenvalue weighted by molar-refractivity contribution is 7.99. The number of nitrogens with zero attached hydrogens (tertiary/aromatic N) is 4. The Balaban J connectivity index is 1.53. The van der Waals surface area contributed by atoms with Gasteiger partial charge < -0.3 is 9.13 Å². The summed E-state index contributed by atoms with van der Waals surface area (Å²) in [5.41, 5.74) is 3.03. The van der Waals surface area contributed by atoms with Crippen LogP contribution in [0.3, 0.4) is 0 Å². The average Bonchev–Trinajstić information content (AvgIpc) is 3.45. The zero-order valence-electron chi connectivity index (χ0n) is 17.6. The van der Waals surface area contributed by atoms with Gasteiger partial charge in [-0.1, -0.05) is 17.8 Å². The van der Waals surface area contributed by atoms with Gasteiger partial charge in [-0.3, -0.25) is 4.79 Å². The molecule has 0 aliphatic heterocycles. The van der Waals surface area contributed by atoms with Gasteiger partial charge in [-0.05, 0) is 55.6 Å². The molecule has 11 heteroatoms. The quantitative estimate of drug-likeness (QED) is 0.315. The van der Waals surface area contributed by atoms with Crippen LogP contribution < -0.4 is 5.14 Å². The minimum absolute atomic E-state index is 0.0174. The molecule has 0 unspecified atom stereocenters. The summed E-state index contributed by atoms with van der Waals surface area (Å²) in [6, 6.07) is 12.1. The van der Waals surface area contributed by atoms with Crippen LogP contribution in [0.1, 0.15) is 21.7 Å². The van der Waals surface area contributed by atoms with E-state index in [2.05, 4.69) is 10.2 Å². The second kappa shape index (κ2) is 8.66. The Kier molecular flexibility index (Phi) is 6.08. The zero-order valence-corrected chi connectivity index (χ0v) is 20.1. The number of nitrogens with two attached hydrogens (primary N) is 1. The van der Waals surface area contributed by atoms with Crippen LogP contribution in [0.5, 0.6) is 0 Å². The lowest BCUT2D eigenvalue weighted by Crippen LogP contribution is -2.12. The van der Waals surface area contributed by atoms with Gasteiger partial charge in [-0.25, -0.2) is 13.6 Å². The Hall–Kier alpha value is -2.73.